The average Bonchev–Trinajstić information content (AvgIpc) is 3.17. The van der Waals surface area contributed by atoms with Gasteiger partial charge in [0.1, 0.15) is 11.4 Å². The van der Waals surface area contributed by atoms with Crippen LogP contribution in [0.4, 0.5) is 9.18 Å². The summed E-state index contributed by atoms with van der Waals surface area (Å²) in [6.07, 6.45) is 0.396. The molecule has 0 aromatic heterocycles. The van der Waals surface area contributed by atoms with E-state index in [2.05, 4.69) is 0 Å². The molecule has 7 heteroatoms. The molecule has 1 amide bonds. The van der Waals surface area contributed by atoms with E-state index >= 15 is 0 Å². The van der Waals surface area contributed by atoms with Gasteiger partial charge < -0.3 is 14.4 Å². The summed E-state index contributed by atoms with van der Waals surface area (Å²) in [4.78, 5) is 28.4. The number of amides is 1. The second-order valence-electron chi connectivity index (χ2n) is 8.44. The lowest BCUT2D eigenvalue weighted by Gasteiger charge is -2.24. The summed E-state index contributed by atoms with van der Waals surface area (Å²) in [5.74, 6) is -0.685. The Morgan fingerprint density at radius 1 is 1.16 bits per heavy atom. The van der Waals surface area contributed by atoms with Crippen molar-refractivity contribution in [1.29, 1.82) is 0 Å². The van der Waals surface area contributed by atoms with E-state index in [-0.39, 0.29) is 24.4 Å². The highest BCUT2D eigenvalue weighted by atomic mass is 32.2. The van der Waals surface area contributed by atoms with Crippen molar-refractivity contribution in [2.24, 2.45) is 0 Å². The summed E-state index contributed by atoms with van der Waals surface area (Å²) in [7, 11) is 0. The first-order valence-corrected chi connectivity index (χ1v) is 11.2. The van der Waals surface area contributed by atoms with Crippen LogP contribution in [0, 0.1) is 5.82 Å². The molecule has 1 aliphatic heterocycles. The third-order valence-electron chi connectivity index (χ3n) is 4.83. The number of nitrogens with zero attached hydrogens (tertiary/aromatic N) is 1. The molecule has 0 spiro atoms. The third kappa shape index (κ3) is 6.23. The third-order valence-corrected chi connectivity index (χ3v) is 5.81. The van der Waals surface area contributed by atoms with Crippen LogP contribution in [0.2, 0.25) is 0 Å². The summed E-state index contributed by atoms with van der Waals surface area (Å²) in [5, 5.41) is 0. The van der Waals surface area contributed by atoms with Crippen molar-refractivity contribution in [1.82, 2.24) is 4.90 Å². The number of rotatable bonds is 5. The molecule has 31 heavy (non-hydrogen) atoms. The summed E-state index contributed by atoms with van der Waals surface area (Å²) in [6, 6.07) is 12.0. The molecule has 2 aromatic carbocycles. The largest absolute Gasteiger partial charge is 0.462 e. The molecule has 0 N–H and O–H groups in total. The number of halogens is 1. The Hall–Kier alpha value is -2.54. The predicted octanol–water partition coefficient (Wildman–Crippen LogP) is 5.88. The van der Waals surface area contributed by atoms with Crippen LogP contribution in [0.15, 0.2) is 52.3 Å². The van der Waals surface area contributed by atoms with Gasteiger partial charge in [0.05, 0.1) is 12.2 Å². The van der Waals surface area contributed by atoms with Gasteiger partial charge in [-0.2, -0.15) is 0 Å². The van der Waals surface area contributed by atoms with Gasteiger partial charge in [-0.25, -0.2) is 14.0 Å². The molecular formula is C24H28FNO4S. The molecule has 1 aliphatic rings. The minimum absolute atomic E-state index is 0.0140. The standard InChI is InChI=1S/C24H28FNO4S/c1-5-29-22(27)21-14-19(31-18-8-6-7-17(25)13-18)9-10-20(21)16-11-12-26(15-16)23(28)30-24(2,3)4/h6-10,13-14,16H,5,11-12,15H2,1-4H3. The highest BCUT2D eigenvalue weighted by Crippen LogP contribution is 2.35. The second-order valence-corrected chi connectivity index (χ2v) is 9.59. The molecular weight excluding hydrogens is 417 g/mol. The first-order valence-electron chi connectivity index (χ1n) is 10.4. The smallest absolute Gasteiger partial charge is 0.410 e. The Morgan fingerprint density at radius 2 is 1.90 bits per heavy atom. The van der Waals surface area contributed by atoms with Gasteiger partial charge in [-0.1, -0.05) is 23.9 Å². The number of carbonyl (C=O) groups is 2. The van der Waals surface area contributed by atoms with Crippen molar-refractivity contribution in [3.05, 3.63) is 59.4 Å². The van der Waals surface area contributed by atoms with Gasteiger partial charge in [-0.3, -0.25) is 0 Å². The molecule has 3 rings (SSSR count). The van der Waals surface area contributed by atoms with E-state index in [4.69, 9.17) is 9.47 Å². The maximum atomic E-state index is 13.5. The highest BCUT2D eigenvalue weighted by Gasteiger charge is 2.32. The van der Waals surface area contributed by atoms with Crippen molar-refractivity contribution < 1.29 is 23.5 Å². The van der Waals surface area contributed by atoms with E-state index in [1.165, 1.54) is 23.9 Å². The fourth-order valence-electron chi connectivity index (χ4n) is 3.51. The van der Waals surface area contributed by atoms with Crippen LogP contribution >= 0.6 is 11.8 Å². The lowest BCUT2D eigenvalue weighted by molar-refractivity contribution is 0.0292. The molecule has 0 aliphatic carbocycles. The number of benzene rings is 2. The van der Waals surface area contributed by atoms with E-state index in [0.29, 0.717) is 18.7 Å². The number of ether oxygens (including phenoxy) is 2. The SMILES string of the molecule is CCOC(=O)c1cc(Sc2cccc(F)c2)ccc1C1CCN(C(=O)OC(C)(C)C)C1. The van der Waals surface area contributed by atoms with E-state index in [0.717, 1.165) is 21.8 Å². The fraction of sp³-hybridized carbons (Fsp3) is 0.417. The van der Waals surface area contributed by atoms with Crippen molar-refractivity contribution >= 4 is 23.8 Å². The fourth-order valence-corrected chi connectivity index (χ4v) is 4.42. The van der Waals surface area contributed by atoms with Crippen LogP contribution < -0.4 is 0 Å². The van der Waals surface area contributed by atoms with Gasteiger partial charge in [0, 0.05) is 28.8 Å². The van der Waals surface area contributed by atoms with Gasteiger partial charge in [0.15, 0.2) is 0 Å². The van der Waals surface area contributed by atoms with Crippen molar-refractivity contribution in [3.63, 3.8) is 0 Å². The summed E-state index contributed by atoms with van der Waals surface area (Å²) >= 11 is 1.38. The highest BCUT2D eigenvalue weighted by molar-refractivity contribution is 7.99. The Bertz CT molecular complexity index is 957. The van der Waals surface area contributed by atoms with E-state index in [1.54, 1.807) is 24.0 Å². The first-order chi connectivity index (χ1) is 14.7. The molecule has 0 saturated carbocycles. The molecule has 166 valence electrons. The molecule has 1 heterocycles. The van der Waals surface area contributed by atoms with Gasteiger partial charge in [-0.15, -0.1) is 0 Å². The van der Waals surface area contributed by atoms with Crippen LogP contribution in [0.1, 0.15) is 56.0 Å². The topological polar surface area (TPSA) is 55.8 Å². The number of likely N-dealkylation sites (tertiary alicyclic amines) is 1. The molecule has 1 fully saturated rings. The van der Waals surface area contributed by atoms with Crippen molar-refractivity contribution in [3.8, 4) is 0 Å². The van der Waals surface area contributed by atoms with Crippen molar-refractivity contribution in [2.75, 3.05) is 19.7 Å². The Morgan fingerprint density at radius 3 is 2.58 bits per heavy atom. The number of carbonyl (C=O) groups excluding carboxylic acids is 2. The molecule has 0 bridgehead atoms. The van der Waals surface area contributed by atoms with Crippen LogP contribution in [-0.4, -0.2) is 42.3 Å². The zero-order valence-corrected chi connectivity index (χ0v) is 19.1. The molecule has 2 aromatic rings. The van der Waals surface area contributed by atoms with Crippen LogP contribution in [-0.2, 0) is 9.47 Å². The molecule has 1 atom stereocenters. The van der Waals surface area contributed by atoms with Crippen molar-refractivity contribution in [2.45, 2.75) is 55.4 Å². The van der Waals surface area contributed by atoms with E-state index < -0.39 is 11.6 Å². The Kier molecular flexibility index (Phi) is 7.26. The number of esters is 1. The van der Waals surface area contributed by atoms with Gasteiger partial charge in [0.2, 0.25) is 0 Å². The predicted molar refractivity (Wildman–Crippen MR) is 118 cm³/mol. The summed E-state index contributed by atoms with van der Waals surface area (Å²) in [5.41, 5.74) is 0.786. The van der Waals surface area contributed by atoms with Crippen LogP contribution in [0.5, 0.6) is 0 Å². The molecule has 5 nitrogen and oxygen atoms in total. The van der Waals surface area contributed by atoms with Gasteiger partial charge in [0.25, 0.3) is 0 Å². The molecule has 1 saturated heterocycles. The summed E-state index contributed by atoms with van der Waals surface area (Å²) in [6.45, 7) is 8.61. The van der Waals surface area contributed by atoms with E-state index in [9.17, 15) is 14.0 Å². The summed E-state index contributed by atoms with van der Waals surface area (Å²) < 4.78 is 24.3. The minimum atomic E-state index is -0.555. The zero-order chi connectivity index (χ0) is 22.6. The zero-order valence-electron chi connectivity index (χ0n) is 18.3. The lowest BCUT2D eigenvalue weighted by Crippen LogP contribution is -2.35. The first kappa shape index (κ1) is 23.1. The van der Waals surface area contributed by atoms with Crippen LogP contribution in [0.3, 0.4) is 0 Å². The molecule has 1 unspecified atom stereocenters. The maximum absolute atomic E-state index is 13.5. The second kappa shape index (κ2) is 9.73. The Balaban J connectivity index is 1.82. The van der Waals surface area contributed by atoms with Gasteiger partial charge >= 0.3 is 12.1 Å². The molecule has 0 radical (unpaired) electrons. The van der Waals surface area contributed by atoms with Crippen LogP contribution in [0.25, 0.3) is 0 Å². The monoisotopic (exact) mass is 445 g/mol. The van der Waals surface area contributed by atoms with Gasteiger partial charge in [-0.05, 0) is 70.0 Å². The Labute approximate surface area is 186 Å². The quantitative estimate of drug-likeness (QED) is 0.538. The lowest BCUT2D eigenvalue weighted by atomic mass is 9.93. The minimum Gasteiger partial charge on any atom is -0.462 e. The maximum Gasteiger partial charge on any atom is 0.410 e. The number of hydrogen-bond donors (Lipinski definition) is 0. The van der Waals surface area contributed by atoms with E-state index in [1.807, 2.05) is 39.0 Å². The number of hydrogen-bond acceptors (Lipinski definition) is 5. The normalized spacial score (nSPS) is 16.3. The average molecular weight is 446 g/mol.